The first-order chi connectivity index (χ1) is 6.77. The highest BCUT2D eigenvalue weighted by molar-refractivity contribution is 9.09. The lowest BCUT2D eigenvalue weighted by molar-refractivity contribution is -0.134. The van der Waals surface area contributed by atoms with Gasteiger partial charge in [-0.15, -0.1) is 0 Å². The van der Waals surface area contributed by atoms with Gasteiger partial charge in [0.05, 0.1) is 5.33 Å². The minimum Gasteiger partial charge on any atom is -0.452 e. The smallest absolute Gasteiger partial charge is 0.286 e. The summed E-state index contributed by atoms with van der Waals surface area (Å²) in [5.74, 6) is 0.124. The first kappa shape index (κ1) is 9.59. The van der Waals surface area contributed by atoms with Crippen LogP contribution in [0.15, 0.2) is 42.4 Å². The molecule has 3 heteroatoms. The topological polar surface area (TPSA) is 18.5 Å². The van der Waals surface area contributed by atoms with Crippen LogP contribution in [-0.2, 0) is 15.3 Å². The summed E-state index contributed by atoms with van der Waals surface area (Å²) in [5, 5.41) is 0.609. The average Bonchev–Trinajstić information content (AvgIpc) is 2.63. The van der Waals surface area contributed by atoms with Crippen molar-refractivity contribution in [2.75, 3.05) is 5.33 Å². The number of ether oxygens (including phenoxy) is 2. The van der Waals surface area contributed by atoms with Crippen LogP contribution in [0.4, 0.5) is 0 Å². The van der Waals surface area contributed by atoms with Gasteiger partial charge in [0.15, 0.2) is 0 Å². The lowest BCUT2D eigenvalue weighted by Gasteiger charge is -2.26. The van der Waals surface area contributed by atoms with Gasteiger partial charge < -0.3 is 9.47 Å². The minimum atomic E-state index is -0.675. The zero-order chi connectivity index (χ0) is 10.0. The summed E-state index contributed by atoms with van der Waals surface area (Å²) in [4.78, 5) is 0. The van der Waals surface area contributed by atoms with Crippen molar-refractivity contribution in [3.63, 3.8) is 0 Å². The van der Waals surface area contributed by atoms with E-state index in [0.717, 1.165) is 11.3 Å². The van der Waals surface area contributed by atoms with Gasteiger partial charge in [-0.2, -0.15) is 0 Å². The predicted molar refractivity (Wildman–Crippen MR) is 57.8 cm³/mol. The number of hydrogen-bond donors (Lipinski definition) is 0. The molecule has 14 heavy (non-hydrogen) atoms. The van der Waals surface area contributed by atoms with E-state index in [1.807, 2.05) is 37.3 Å². The van der Waals surface area contributed by atoms with E-state index in [2.05, 4.69) is 15.9 Å². The fraction of sp³-hybridized carbons (Fsp3) is 0.273. The second kappa shape index (κ2) is 3.65. The maximum Gasteiger partial charge on any atom is 0.286 e. The van der Waals surface area contributed by atoms with Gasteiger partial charge in [0.25, 0.3) is 5.79 Å². The lowest BCUT2D eigenvalue weighted by Crippen LogP contribution is -2.29. The van der Waals surface area contributed by atoms with Gasteiger partial charge in [0, 0.05) is 5.56 Å². The Kier molecular flexibility index (Phi) is 2.50. The quantitative estimate of drug-likeness (QED) is 0.756. The Morgan fingerprint density at radius 3 is 2.50 bits per heavy atom. The monoisotopic (exact) mass is 254 g/mol. The minimum absolute atomic E-state index is 0.609. The van der Waals surface area contributed by atoms with Crippen LogP contribution >= 0.6 is 15.9 Å². The van der Waals surface area contributed by atoms with Crippen LogP contribution in [0, 0.1) is 0 Å². The third kappa shape index (κ3) is 1.52. The molecule has 0 amide bonds. The van der Waals surface area contributed by atoms with Crippen LogP contribution < -0.4 is 0 Å². The third-order valence-corrected chi connectivity index (χ3v) is 2.87. The van der Waals surface area contributed by atoms with Crippen molar-refractivity contribution < 1.29 is 9.47 Å². The lowest BCUT2D eigenvalue weighted by atomic mass is 10.1. The molecule has 0 radical (unpaired) electrons. The Bertz CT molecular complexity index is 348. The van der Waals surface area contributed by atoms with E-state index >= 15 is 0 Å². The van der Waals surface area contributed by atoms with Crippen LogP contribution in [0.1, 0.15) is 12.5 Å². The van der Waals surface area contributed by atoms with Crippen molar-refractivity contribution in [2.45, 2.75) is 12.7 Å². The normalized spacial score (nSPS) is 25.1. The van der Waals surface area contributed by atoms with E-state index in [4.69, 9.17) is 9.47 Å². The molecule has 0 aliphatic carbocycles. The summed E-state index contributed by atoms with van der Waals surface area (Å²) >= 11 is 3.41. The molecule has 0 spiro atoms. The summed E-state index contributed by atoms with van der Waals surface area (Å²) in [5.41, 5.74) is 1.02. The Labute approximate surface area is 91.7 Å². The number of alkyl halides is 1. The van der Waals surface area contributed by atoms with Crippen molar-refractivity contribution >= 4 is 15.9 Å². The molecule has 1 aliphatic rings. The molecule has 0 aromatic heterocycles. The first-order valence-electron chi connectivity index (χ1n) is 4.42. The fourth-order valence-corrected chi connectivity index (χ4v) is 2.01. The van der Waals surface area contributed by atoms with Crippen LogP contribution in [-0.4, -0.2) is 5.33 Å². The Balaban J connectivity index is 2.32. The first-order valence-corrected chi connectivity index (χ1v) is 5.54. The molecule has 1 aromatic carbocycles. The molecular weight excluding hydrogens is 244 g/mol. The van der Waals surface area contributed by atoms with Gasteiger partial charge >= 0.3 is 0 Å². The molecule has 1 aromatic rings. The zero-order valence-electron chi connectivity index (χ0n) is 7.87. The largest absolute Gasteiger partial charge is 0.452 e. The number of benzene rings is 1. The highest BCUT2D eigenvalue weighted by Gasteiger charge is 2.38. The molecule has 2 rings (SSSR count). The Morgan fingerprint density at radius 2 is 2.00 bits per heavy atom. The number of hydrogen-bond acceptors (Lipinski definition) is 2. The van der Waals surface area contributed by atoms with Gasteiger partial charge in [-0.05, 0) is 6.92 Å². The molecule has 0 N–H and O–H groups in total. The van der Waals surface area contributed by atoms with E-state index in [1.54, 1.807) is 6.26 Å². The van der Waals surface area contributed by atoms with E-state index in [1.165, 1.54) is 0 Å². The third-order valence-electron chi connectivity index (χ3n) is 2.13. The molecule has 74 valence electrons. The summed E-state index contributed by atoms with van der Waals surface area (Å²) in [6.45, 7) is 1.88. The second-order valence-corrected chi connectivity index (χ2v) is 3.76. The van der Waals surface area contributed by atoms with Gasteiger partial charge in [-0.1, -0.05) is 46.3 Å². The SMILES string of the molecule is CC1=CO[C@](CBr)(c2ccccc2)O1. The van der Waals surface area contributed by atoms with E-state index in [-0.39, 0.29) is 0 Å². The van der Waals surface area contributed by atoms with Gasteiger partial charge in [-0.25, -0.2) is 0 Å². The zero-order valence-corrected chi connectivity index (χ0v) is 9.45. The molecule has 1 atom stereocenters. The summed E-state index contributed by atoms with van der Waals surface area (Å²) in [6, 6.07) is 9.91. The van der Waals surface area contributed by atoms with Crippen LogP contribution in [0.25, 0.3) is 0 Å². The van der Waals surface area contributed by atoms with E-state index in [0.29, 0.717) is 5.33 Å². The van der Waals surface area contributed by atoms with Crippen LogP contribution in [0.3, 0.4) is 0 Å². The highest BCUT2D eigenvalue weighted by atomic mass is 79.9. The molecule has 0 fully saturated rings. The molecule has 2 nitrogen and oxygen atoms in total. The maximum atomic E-state index is 5.68. The number of halogens is 1. The van der Waals surface area contributed by atoms with Gasteiger partial charge in [0.2, 0.25) is 0 Å². The van der Waals surface area contributed by atoms with Crippen molar-refractivity contribution in [1.82, 2.24) is 0 Å². The van der Waals surface area contributed by atoms with Crippen molar-refractivity contribution in [3.8, 4) is 0 Å². The molecule has 0 bridgehead atoms. The molecule has 0 saturated heterocycles. The van der Waals surface area contributed by atoms with Gasteiger partial charge in [0.1, 0.15) is 12.0 Å². The number of allylic oxidation sites excluding steroid dienone is 1. The number of rotatable bonds is 2. The molecule has 1 heterocycles. The Hall–Kier alpha value is -0.960. The molecule has 0 saturated carbocycles. The molecule has 1 aliphatic heterocycles. The van der Waals surface area contributed by atoms with E-state index < -0.39 is 5.79 Å². The highest BCUT2D eigenvalue weighted by Crippen LogP contribution is 2.36. The van der Waals surface area contributed by atoms with Gasteiger partial charge in [-0.3, -0.25) is 0 Å². The van der Waals surface area contributed by atoms with Crippen molar-refractivity contribution in [3.05, 3.63) is 47.9 Å². The second-order valence-electron chi connectivity index (χ2n) is 3.20. The molecular formula is C11H11BrO2. The maximum absolute atomic E-state index is 5.68. The van der Waals surface area contributed by atoms with E-state index in [9.17, 15) is 0 Å². The summed E-state index contributed by atoms with van der Waals surface area (Å²) in [7, 11) is 0. The summed E-state index contributed by atoms with van der Waals surface area (Å²) < 4.78 is 11.2. The average molecular weight is 255 g/mol. The van der Waals surface area contributed by atoms with Crippen molar-refractivity contribution in [2.24, 2.45) is 0 Å². The Morgan fingerprint density at radius 1 is 1.29 bits per heavy atom. The van der Waals surface area contributed by atoms with Crippen LogP contribution in [0.5, 0.6) is 0 Å². The summed E-state index contributed by atoms with van der Waals surface area (Å²) in [6.07, 6.45) is 1.65. The standard InChI is InChI=1S/C11H11BrO2/c1-9-7-13-11(8-12,14-9)10-5-3-2-4-6-10/h2-7H,8H2,1H3/t11-/m0/s1. The van der Waals surface area contributed by atoms with Crippen LogP contribution in [0.2, 0.25) is 0 Å². The molecule has 0 unspecified atom stereocenters. The fourth-order valence-electron chi connectivity index (χ4n) is 1.44. The predicted octanol–water partition coefficient (Wildman–Crippen LogP) is 3.14. The van der Waals surface area contributed by atoms with Crippen molar-refractivity contribution in [1.29, 1.82) is 0 Å².